The van der Waals surface area contributed by atoms with E-state index in [0.717, 1.165) is 5.56 Å². The van der Waals surface area contributed by atoms with E-state index < -0.39 is 5.97 Å². The lowest BCUT2D eigenvalue weighted by atomic mass is 10.1. The molecule has 1 N–H and O–H groups in total. The van der Waals surface area contributed by atoms with Gasteiger partial charge >= 0.3 is 5.97 Å². The number of ether oxygens (including phenoxy) is 2. The predicted molar refractivity (Wildman–Crippen MR) is 65.8 cm³/mol. The van der Waals surface area contributed by atoms with Crippen molar-refractivity contribution in [2.75, 3.05) is 14.2 Å². The second-order valence-electron chi connectivity index (χ2n) is 3.97. The van der Waals surface area contributed by atoms with Crippen LogP contribution in [-0.4, -0.2) is 25.3 Å². The Morgan fingerprint density at radius 1 is 1.22 bits per heavy atom. The first kappa shape index (κ1) is 12.3. The van der Waals surface area contributed by atoms with Crippen molar-refractivity contribution in [1.29, 1.82) is 0 Å². The van der Waals surface area contributed by atoms with Crippen LogP contribution in [0.15, 0.2) is 10.5 Å². The second-order valence-corrected chi connectivity index (χ2v) is 3.97. The number of rotatable bonds is 3. The van der Waals surface area contributed by atoms with Crippen LogP contribution in [-0.2, 0) is 0 Å². The van der Waals surface area contributed by atoms with Crippen molar-refractivity contribution in [3.05, 3.63) is 23.0 Å². The lowest BCUT2D eigenvalue weighted by molar-refractivity contribution is 0.0664. The molecule has 1 aromatic carbocycles. The monoisotopic (exact) mass is 250 g/mol. The zero-order valence-corrected chi connectivity index (χ0v) is 10.7. The Balaban J connectivity index is 2.90. The first-order valence-corrected chi connectivity index (χ1v) is 5.39. The average Bonchev–Trinajstić information content (AvgIpc) is 2.66. The third-order valence-electron chi connectivity index (χ3n) is 2.99. The summed E-state index contributed by atoms with van der Waals surface area (Å²) < 4.78 is 15.9. The van der Waals surface area contributed by atoms with Crippen LogP contribution in [0.4, 0.5) is 0 Å². The van der Waals surface area contributed by atoms with Gasteiger partial charge in [0.05, 0.1) is 19.6 Å². The van der Waals surface area contributed by atoms with E-state index >= 15 is 0 Å². The number of methoxy groups -OCH3 is 2. The zero-order valence-electron chi connectivity index (χ0n) is 10.7. The summed E-state index contributed by atoms with van der Waals surface area (Å²) in [6.45, 7) is 3.55. The summed E-state index contributed by atoms with van der Waals surface area (Å²) in [5.74, 6) is 0.0152. The molecular formula is C13H14O5. The fourth-order valence-corrected chi connectivity index (χ4v) is 2.12. The Morgan fingerprint density at radius 2 is 1.89 bits per heavy atom. The second kappa shape index (κ2) is 4.25. The molecule has 0 spiro atoms. The first-order valence-electron chi connectivity index (χ1n) is 5.39. The number of hydrogen-bond acceptors (Lipinski definition) is 4. The van der Waals surface area contributed by atoms with Crippen LogP contribution in [0.5, 0.6) is 11.5 Å². The van der Waals surface area contributed by atoms with Gasteiger partial charge in [-0.15, -0.1) is 0 Å². The molecule has 0 aliphatic carbocycles. The highest BCUT2D eigenvalue weighted by Gasteiger charge is 2.22. The Kier molecular flexibility index (Phi) is 2.90. The van der Waals surface area contributed by atoms with Crippen LogP contribution in [0.1, 0.15) is 21.7 Å². The van der Waals surface area contributed by atoms with Gasteiger partial charge < -0.3 is 19.0 Å². The molecule has 0 aliphatic heterocycles. The Hall–Kier alpha value is -2.17. The number of carbonyl (C=O) groups is 1. The van der Waals surface area contributed by atoms with E-state index in [1.165, 1.54) is 7.11 Å². The van der Waals surface area contributed by atoms with Crippen molar-refractivity contribution in [1.82, 2.24) is 0 Å². The summed E-state index contributed by atoms with van der Waals surface area (Å²) in [7, 11) is 3.08. The maximum absolute atomic E-state index is 11.1. The molecule has 1 heterocycles. The van der Waals surface area contributed by atoms with Gasteiger partial charge in [-0.1, -0.05) is 0 Å². The maximum atomic E-state index is 11.1. The minimum Gasteiger partial charge on any atom is -0.496 e. The molecule has 5 heteroatoms. The van der Waals surface area contributed by atoms with Crippen molar-refractivity contribution in [3.63, 3.8) is 0 Å². The van der Waals surface area contributed by atoms with Crippen LogP contribution in [0, 0.1) is 13.8 Å². The number of carboxylic acids is 1. The normalized spacial score (nSPS) is 10.7. The van der Waals surface area contributed by atoms with Crippen LogP contribution < -0.4 is 9.47 Å². The van der Waals surface area contributed by atoms with Gasteiger partial charge in [-0.3, -0.25) is 0 Å². The number of aromatic carboxylic acids is 1. The lowest BCUT2D eigenvalue weighted by Gasteiger charge is -2.10. The molecule has 0 fully saturated rings. The molecule has 0 aliphatic rings. The van der Waals surface area contributed by atoms with Crippen molar-refractivity contribution in [3.8, 4) is 11.5 Å². The first-order chi connectivity index (χ1) is 8.51. The van der Waals surface area contributed by atoms with Crippen molar-refractivity contribution in [2.45, 2.75) is 13.8 Å². The molecule has 2 rings (SSSR count). The van der Waals surface area contributed by atoms with E-state index in [4.69, 9.17) is 19.0 Å². The van der Waals surface area contributed by atoms with E-state index in [1.807, 2.05) is 6.92 Å². The molecule has 0 saturated carbocycles. The van der Waals surface area contributed by atoms with Gasteiger partial charge in [0.2, 0.25) is 5.76 Å². The summed E-state index contributed by atoms with van der Waals surface area (Å²) in [5.41, 5.74) is 1.82. The van der Waals surface area contributed by atoms with Crippen LogP contribution in [0.3, 0.4) is 0 Å². The van der Waals surface area contributed by atoms with Gasteiger partial charge in [-0.05, 0) is 13.8 Å². The minimum atomic E-state index is -1.10. The minimum absolute atomic E-state index is 0.0732. The highest BCUT2D eigenvalue weighted by atomic mass is 16.5. The van der Waals surface area contributed by atoms with Crippen molar-refractivity contribution >= 4 is 16.9 Å². The standard InChI is InChI=1S/C13H14O5/c1-6-8(16-3)5-9-10(11(6)17-4)7(2)12(18-9)13(14)15/h5H,1-4H3,(H,14,15). The number of benzene rings is 1. The molecule has 18 heavy (non-hydrogen) atoms. The molecule has 0 unspecified atom stereocenters. The van der Waals surface area contributed by atoms with Gasteiger partial charge in [-0.2, -0.15) is 0 Å². The fraction of sp³-hybridized carbons (Fsp3) is 0.308. The smallest absolute Gasteiger partial charge is 0.372 e. The summed E-state index contributed by atoms with van der Waals surface area (Å²) in [6.07, 6.45) is 0. The Bertz CT molecular complexity index is 624. The van der Waals surface area contributed by atoms with Gasteiger partial charge in [-0.25, -0.2) is 4.79 Å². The molecule has 1 aromatic heterocycles. The molecule has 0 radical (unpaired) electrons. The largest absolute Gasteiger partial charge is 0.496 e. The number of fused-ring (bicyclic) bond motifs is 1. The summed E-state index contributed by atoms with van der Waals surface area (Å²) in [5, 5.41) is 9.73. The number of furan rings is 1. The van der Waals surface area contributed by atoms with Crippen LogP contribution in [0.25, 0.3) is 11.0 Å². The highest BCUT2D eigenvalue weighted by Crippen LogP contribution is 2.40. The molecule has 0 saturated heterocycles. The Labute approximate surface area is 104 Å². The zero-order chi connectivity index (χ0) is 13.4. The van der Waals surface area contributed by atoms with E-state index in [2.05, 4.69) is 0 Å². The van der Waals surface area contributed by atoms with Gasteiger partial charge in [0.25, 0.3) is 0 Å². The van der Waals surface area contributed by atoms with E-state index in [-0.39, 0.29) is 5.76 Å². The van der Waals surface area contributed by atoms with Crippen molar-refractivity contribution in [2.24, 2.45) is 0 Å². The van der Waals surface area contributed by atoms with Gasteiger partial charge in [0.15, 0.2) is 0 Å². The third kappa shape index (κ3) is 1.59. The van der Waals surface area contributed by atoms with E-state index in [1.54, 1.807) is 20.1 Å². The van der Waals surface area contributed by atoms with E-state index in [9.17, 15) is 4.79 Å². The average molecular weight is 250 g/mol. The van der Waals surface area contributed by atoms with Crippen molar-refractivity contribution < 1.29 is 23.8 Å². The number of carboxylic acid groups (broad SMARTS) is 1. The molecule has 0 atom stereocenters. The van der Waals surface area contributed by atoms with Gasteiger partial charge in [0, 0.05) is 17.2 Å². The number of hydrogen-bond donors (Lipinski definition) is 1. The Morgan fingerprint density at radius 3 is 2.39 bits per heavy atom. The third-order valence-corrected chi connectivity index (χ3v) is 2.99. The van der Waals surface area contributed by atoms with Crippen LogP contribution >= 0.6 is 0 Å². The molecule has 2 aromatic rings. The maximum Gasteiger partial charge on any atom is 0.372 e. The van der Waals surface area contributed by atoms with E-state index in [0.29, 0.717) is 28.0 Å². The summed E-state index contributed by atoms with van der Waals surface area (Å²) in [4.78, 5) is 11.1. The lowest BCUT2D eigenvalue weighted by Crippen LogP contribution is -1.96. The molecule has 96 valence electrons. The fourth-order valence-electron chi connectivity index (χ4n) is 2.12. The molecule has 0 bridgehead atoms. The summed E-state index contributed by atoms with van der Waals surface area (Å²) in [6, 6.07) is 1.67. The SMILES string of the molecule is COc1cc2oc(C(=O)O)c(C)c2c(OC)c1C. The highest BCUT2D eigenvalue weighted by molar-refractivity contribution is 5.98. The van der Waals surface area contributed by atoms with Gasteiger partial charge in [0.1, 0.15) is 17.1 Å². The van der Waals surface area contributed by atoms with Crippen LogP contribution in [0.2, 0.25) is 0 Å². The molecular weight excluding hydrogens is 236 g/mol. The summed E-state index contributed by atoms with van der Waals surface area (Å²) >= 11 is 0. The predicted octanol–water partition coefficient (Wildman–Crippen LogP) is 2.77. The number of aryl methyl sites for hydroxylation is 1. The molecule has 0 amide bonds. The quantitative estimate of drug-likeness (QED) is 0.907. The topological polar surface area (TPSA) is 68.9 Å². The molecule has 5 nitrogen and oxygen atoms in total.